The molecular weight excluding hydrogens is 1670 g/mol. The van der Waals surface area contributed by atoms with Gasteiger partial charge in [0.05, 0.1) is 5.56 Å². The van der Waals surface area contributed by atoms with Crippen LogP contribution in [0.2, 0.25) is 0 Å². The third kappa shape index (κ3) is 61.3. The molecule has 0 aromatic heterocycles. The van der Waals surface area contributed by atoms with Gasteiger partial charge in [0, 0.05) is 16.4 Å². The van der Waals surface area contributed by atoms with Crippen molar-refractivity contribution in [2.24, 2.45) is 51.8 Å². The molecule has 0 N–H and O–H groups in total. The first-order valence-electron chi connectivity index (χ1n) is 54.3. The molecule has 0 radical (unpaired) electrons. The molecule has 1 aliphatic heterocycles. The Bertz CT molecular complexity index is 4290. The maximum absolute atomic E-state index is 11.3. The van der Waals surface area contributed by atoms with Gasteiger partial charge in [-0.05, 0) is 197 Å². The standard InChI is InChI=1S/C15H14.C15H16.2C14H22.C10H10O2.C10H14.C9H12.C8H16.C7H14.2C6H14.3C5H12.C4H10.C3H8/c1-15(2)13-9-5-3-7-11(13)12-8-4-6-10-14(12)15;1-15(2,13-9-5-3-6-10-13)14-11-7-4-8-12-14;1-13(2,3)11-7-9-12(10-8-11)14(4,5)6;1-13(2,3)11-8-7-9-12(10-11)14(4,5)6;1-10(2)8-6-4-3-5-7(8)9(11)12-10;1-10(2,3)9-7-5-4-6-8-9;1-8(2)9-6-4-3-5-7-9;1-8(2)6-4-3-5-7-8;1-7(2)5-3-4-6-7;1-5(2)6(3)4;1-4-5-6(2)3;1-5(2,3)4;2*1-4-5(2)3;1-4(2)3;1-3-2/h3-10H,1-2H3;3-12H,1-2H3;2*7-10H,1-6H3;3-6H,1-2H3;4-8H,1-3H3;3-8H,1-2H3;3-7H2,1-2H3;3-6H2,1-2H3;5-6H,1-4H3;6H,4-5H2,1-3H3;1-4H3;2*5H,4H2,1-3H3;4H,1-3H3;3H2,1-2H3. The Kier molecular flexibility index (Phi) is 64.7. The van der Waals surface area contributed by atoms with Crippen LogP contribution in [0.25, 0.3) is 11.1 Å². The normalized spacial score (nSPS) is 14.2. The molecule has 138 heavy (non-hydrogen) atoms. The fraction of sp³-hybridized carbons (Fsp3) is 0.596. The summed E-state index contributed by atoms with van der Waals surface area (Å²) in [4.78, 5) is 11.3. The van der Waals surface area contributed by atoms with E-state index >= 15 is 0 Å². The molecule has 2 fully saturated rings. The maximum atomic E-state index is 11.3. The van der Waals surface area contributed by atoms with Crippen LogP contribution in [0.5, 0.6) is 0 Å². The van der Waals surface area contributed by atoms with Crippen molar-refractivity contribution in [1.29, 1.82) is 0 Å². The van der Waals surface area contributed by atoms with Gasteiger partial charge in [0.15, 0.2) is 0 Å². The van der Waals surface area contributed by atoms with Gasteiger partial charge in [0.2, 0.25) is 0 Å². The number of carbonyl (C=O) groups is 1. The van der Waals surface area contributed by atoms with Gasteiger partial charge in [-0.1, -0.05) is 626 Å². The Morgan fingerprint density at radius 1 is 0.290 bits per heavy atom. The quantitative estimate of drug-likeness (QED) is 0.142. The predicted octanol–water partition coefficient (Wildman–Crippen LogP) is 44.0. The molecule has 0 atom stereocenters. The molecule has 0 amide bonds. The van der Waals surface area contributed by atoms with E-state index in [1.54, 1.807) is 6.07 Å². The van der Waals surface area contributed by atoms with Gasteiger partial charge in [-0.25, -0.2) is 4.79 Å². The molecule has 0 saturated heterocycles. The highest BCUT2D eigenvalue weighted by molar-refractivity contribution is 5.94. The number of benzene rings is 9. The molecule has 3 aliphatic carbocycles. The summed E-state index contributed by atoms with van der Waals surface area (Å²) in [5.74, 6) is 5.65. The van der Waals surface area contributed by atoms with E-state index in [2.05, 4.69) is 538 Å². The van der Waals surface area contributed by atoms with Crippen molar-refractivity contribution in [1.82, 2.24) is 0 Å². The average Bonchev–Trinajstić information content (AvgIpc) is 1.59. The maximum Gasteiger partial charge on any atom is 0.339 e. The lowest BCUT2D eigenvalue weighted by molar-refractivity contribution is 0.00951. The van der Waals surface area contributed by atoms with Crippen molar-refractivity contribution in [3.05, 3.63) is 309 Å². The summed E-state index contributed by atoms with van der Waals surface area (Å²) in [6, 6.07) is 85.2. The smallest absolute Gasteiger partial charge is 0.339 e. The molecule has 2 heteroatoms. The van der Waals surface area contributed by atoms with Gasteiger partial charge >= 0.3 is 5.97 Å². The van der Waals surface area contributed by atoms with Crippen LogP contribution in [0, 0.1) is 51.8 Å². The van der Waals surface area contributed by atoms with E-state index in [1.165, 1.54) is 157 Å². The van der Waals surface area contributed by atoms with Crippen LogP contribution in [0.4, 0.5) is 0 Å². The van der Waals surface area contributed by atoms with Crippen molar-refractivity contribution in [2.45, 2.75) is 479 Å². The molecule has 9 aromatic carbocycles. The highest BCUT2D eigenvalue weighted by Gasteiger charge is 2.38. The Morgan fingerprint density at radius 3 is 0.739 bits per heavy atom. The number of hydrogen-bond donors (Lipinski definition) is 0. The zero-order chi connectivity index (χ0) is 107. The van der Waals surface area contributed by atoms with Crippen LogP contribution < -0.4 is 0 Å². The summed E-state index contributed by atoms with van der Waals surface area (Å²) in [6.07, 6.45) is 19.7. The number of ether oxygens (including phenoxy) is 1. The van der Waals surface area contributed by atoms with Crippen LogP contribution in [0.1, 0.15) is 507 Å². The first-order chi connectivity index (χ1) is 63.4. The summed E-state index contributed by atoms with van der Waals surface area (Å²) in [5, 5.41) is 0. The van der Waals surface area contributed by atoms with E-state index in [0.29, 0.717) is 33.1 Å². The first-order valence-corrected chi connectivity index (χ1v) is 54.3. The summed E-state index contributed by atoms with van der Waals surface area (Å²) >= 11 is 0. The van der Waals surface area contributed by atoms with Crippen LogP contribution in [-0.2, 0) is 48.2 Å². The molecule has 13 rings (SSSR count). The Balaban J connectivity index is -0.00000144. The van der Waals surface area contributed by atoms with Gasteiger partial charge < -0.3 is 4.74 Å². The minimum absolute atomic E-state index is 0.0858. The fourth-order valence-corrected chi connectivity index (χ4v) is 14.2. The molecule has 0 unspecified atom stereocenters. The van der Waals surface area contributed by atoms with Gasteiger partial charge in [0.25, 0.3) is 0 Å². The number of fused-ring (bicyclic) bond motifs is 4. The number of cyclic esters (lactones) is 1. The summed E-state index contributed by atoms with van der Waals surface area (Å²) in [6.45, 7) is 109. The van der Waals surface area contributed by atoms with Crippen molar-refractivity contribution in [3.8, 4) is 11.1 Å². The Hall–Kier alpha value is -7.55. The highest BCUT2D eigenvalue weighted by atomic mass is 16.6. The average molecular weight is 1890 g/mol. The molecular formula is C136H222O2. The molecule has 0 bridgehead atoms. The zero-order valence-corrected chi connectivity index (χ0v) is 99.9. The lowest BCUT2D eigenvalue weighted by Crippen LogP contribution is -2.18. The monoisotopic (exact) mass is 1890 g/mol. The Labute approximate surface area is 860 Å². The van der Waals surface area contributed by atoms with Crippen molar-refractivity contribution in [3.63, 3.8) is 0 Å². The largest absolute Gasteiger partial charge is 0.451 e. The lowest BCUT2D eigenvalue weighted by Gasteiger charge is -2.28. The van der Waals surface area contributed by atoms with Crippen LogP contribution in [0.3, 0.4) is 0 Å². The summed E-state index contributed by atoms with van der Waals surface area (Å²) in [5.41, 5.74) is 21.6. The molecule has 9 aromatic rings. The number of carbonyl (C=O) groups excluding carboxylic acids is 1. The molecule has 2 nitrogen and oxygen atoms in total. The van der Waals surface area contributed by atoms with Gasteiger partial charge in [-0.2, -0.15) is 0 Å². The number of hydrogen-bond acceptors (Lipinski definition) is 2. The fourth-order valence-electron chi connectivity index (χ4n) is 14.2. The van der Waals surface area contributed by atoms with Crippen molar-refractivity contribution < 1.29 is 9.53 Å². The van der Waals surface area contributed by atoms with E-state index in [0.717, 1.165) is 41.1 Å². The molecule has 2 saturated carbocycles. The molecule has 4 aliphatic rings. The first kappa shape index (κ1) is 135. The predicted molar refractivity (Wildman–Crippen MR) is 628 cm³/mol. The van der Waals surface area contributed by atoms with Gasteiger partial charge in [0.1, 0.15) is 5.60 Å². The molecule has 1 heterocycles. The Morgan fingerprint density at radius 2 is 0.529 bits per heavy atom. The van der Waals surface area contributed by atoms with E-state index in [4.69, 9.17) is 4.74 Å². The van der Waals surface area contributed by atoms with Crippen molar-refractivity contribution in [2.75, 3.05) is 0 Å². The SMILES string of the molecule is CC(C)(C)C.CC(C)(C)c1ccc(C(C)(C)C)cc1.CC(C)(C)c1cccc(C(C)(C)C)c1.CC(C)(C)c1ccccc1.CC(C)(c1ccccc1)c1ccccc1.CC(C)C.CC(C)C(C)C.CC(C)c1ccccc1.CC1(C)CCCC1.CC1(C)CCCCC1.CC1(C)OC(=O)c2ccccc21.CC1(C)c2ccccc2-c2ccccc21.CCC.CCC(C)C.CCC(C)C.CCCC(C)C. The minimum Gasteiger partial charge on any atom is -0.451 e. The van der Waals surface area contributed by atoms with E-state index in [-0.39, 0.29) is 38.5 Å². The van der Waals surface area contributed by atoms with E-state index < -0.39 is 5.60 Å². The van der Waals surface area contributed by atoms with Crippen LogP contribution >= 0.6 is 0 Å². The van der Waals surface area contributed by atoms with E-state index in [9.17, 15) is 4.79 Å². The highest BCUT2D eigenvalue weighted by Crippen LogP contribution is 2.48. The second kappa shape index (κ2) is 66.3. The number of esters is 1. The van der Waals surface area contributed by atoms with Gasteiger partial charge in [-0.15, -0.1) is 0 Å². The topological polar surface area (TPSA) is 26.3 Å². The summed E-state index contributed by atoms with van der Waals surface area (Å²) < 4.78 is 5.18. The second-order valence-electron chi connectivity index (χ2n) is 51.7. The number of rotatable bonds is 8. The summed E-state index contributed by atoms with van der Waals surface area (Å²) in [7, 11) is 0. The van der Waals surface area contributed by atoms with Gasteiger partial charge in [-0.3, -0.25) is 0 Å². The zero-order valence-electron chi connectivity index (χ0n) is 99.9. The van der Waals surface area contributed by atoms with Crippen LogP contribution in [-0.4, -0.2) is 5.97 Å². The van der Waals surface area contributed by atoms with Crippen molar-refractivity contribution >= 4 is 5.97 Å². The molecule has 0 spiro atoms. The van der Waals surface area contributed by atoms with E-state index in [1.807, 2.05) is 38.1 Å². The van der Waals surface area contributed by atoms with Crippen LogP contribution in [0.15, 0.2) is 243 Å². The second-order valence-corrected chi connectivity index (χ2v) is 51.7. The third-order valence-corrected chi connectivity index (χ3v) is 24.9. The third-order valence-electron chi connectivity index (χ3n) is 24.9. The lowest BCUT2D eigenvalue weighted by atomic mass is 9.78. The molecule has 778 valence electrons. The minimum atomic E-state index is -0.451.